The number of piperidine rings is 1. The van der Waals surface area contributed by atoms with Crippen LogP contribution in [0.2, 0.25) is 0 Å². The molecule has 2 aromatic rings. The first-order valence-electron chi connectivity index (χ1n) is 8.92. The van der Waals surface area contributed by atoms with Crippen LogP contribution in [0.15, 0.2) is 24.7 Å². The predicted molar refractivity (Wildman–Crippen MR) is 110 cm³/mol. The lowest BCUT2D eigenvalue weighted by atomic mass is 10.1. The van der Waals surface area contributed by atoms with Gasteiger partial charge in [0.25, 0.3) is 5.91 Å². The Morgan fingerprint density at radius 3 is 2.76 bits per heavy atom. The molecule has 4 heterocycles. The quantitative estimate of drug-likeness (QED) is 0.549. The molecule has 160 valence electrons. The molecule has 2 aromatic heterocycles. The summed E-state index contributed by atoms with van der Waals surface area (Å²) < 4.78 is 40.4. The summed E-state index contributed by atoms with van der Waals surface area (Å²) in [6.45, 7) is 0.819. The van der Waals surface area contributed by atoms with Crippen LogP contribution < -0.4 is 15.8 Å². The first kappa shape index (κ1) is 21.8. The van der Waals surface area contributed by atoms with Gasteiger partial charge in [0.1, 0.15) is 17.8 Å². The van der Waals surface area contributed by atoms with Gasteiger partial charge in [-0.2, -0.15) is 15.7 Å². The third-order valence-corrected chi connectivity index (χ3v) is 6.79. The lowest BCUT2D eigenvalue weighted by molar-refractivity contribution is 0.0676. The monoisotopic (exact) mass is 447 g/mol. The maximum atomic E-state index is 14.0. The molecular weight excluding hydrogens is 425 g/mol. The number of primary amides is 1. The van der Waals surface area contributed by atoms with Crippen LogP contribution in [0.25, 0.3) is 11.1 Å². The Kier molecular flexibility index (Phi) is 6.34. The highest BCUT2D eigenvalue weighted by Crippen LogP contribution is 2.53. The van der Waals surface area contributed by atoms with Crippen molar-refractivity contribution in [3.63, 3.8) is 0 Å². The van der Waals surface area contributed by atoms with Crippen molar-refractivity contribution in [3.05, 3.63) is 30.2 Å². The molecule has 0 bridgehead atoms. The van der Waals surface area contributed by atoms with Crippen molar-refractivity contribution in [2.45, 2.75) is 24.7 Å². The molecule has 0 radical (unpaired) electrons. The minimum atomic E-state index is -2.46. The van der Waals surface area contributed by atoms with Gasteiger partial charge in [0.2, 0.25) is 5.88 Å². The Morgan fingerprint density at radius 1 is 1.34 bits per heavy atom. The van der Waals surface area contributed by atoms with Crippen molar-refractivity contribution in [1.82, 2.24) is 20.1 Å². The topological polar surface area (TPSA) is 136 Å². The Morgan fingerprint density at radius 2 is 2.10 bits per heavy atom. The SMILES string of the molecule is Cl.NC(=O)c1cc(-c2cnn(C3CS(O)(O)C3)c2)cnc1OC1CCNCC1F. The van der Waals surface area contributed by atoms with E-state index in [1.54, 1.807) is 23.1 Å². The number of pyridine rings is 1. The zero-order valence-electron chi connectivity index (χ0n) is 15.4. The average Bonchev–Trinajstić information content (AvgIpc) is 3.11. The van der Waals surface area contributed by atoms with E-state index in [0.717, 1.165) is 0 Å². The molecule has 2 aliphatic heterocycles. The summed E-state index contributed by atoms with van der Waals surface area (Å²) >= 11 is 0. The molecule has 12 heteroatoms. The number of alkyl halides is 1. The van der Waals surface area contributed by atoms with Crippen LogP contribution in [0.4, 0.5) is 4.39 Å². The van der Waals surface area contributed by atoms with E-state index in [2.05, 4.69) is 15.4 Å². The van der Waals surface area contributed by atoms with E-state index < -0.39 is 28.8 Å². The molecule has 2 saturated heterocycles. The van der Waals surface area contributed by atoms with Gasteiger partial charge in [0.05, 0.1) is 23.7 Å². The van der Waals surface area contributed by atoms with Crippen molar-refractivity contribution in [1.29, 1.82) is 0 Å². The van der Waals surface area contributed by atoms with Crippen LogP contribution in [0.5, 0.6) is 5.88 Å². The van der Waals surface area contributed by atoms with Gasteiger partial charge in [-0.05, 0) is 19.0 Å². The predicted octanol–water partition coefficient (Wildman–Crippen LogP) is 1.85. The molecule has 2 atom stereocenters. The molecule has 2 fully saturated rings. The summed E-state index contributed by atoms with van der Waals surface area (Å²) in [4.78, 5) is 16.1. The number of nitrogens with one attached hydrogen (secondary N) is 1. The number of ether oxygens (including phenoxy) is 1. The van der Waals surface area contributed by atoms with Gasteiger partial charge in [-0.3, -0.25) is 18.6 Å². The van der Waals surface area contributed by atoms with Crippen molar-refractivity contribution in [3.8, 4) is 17.0 Å². The maximum Gasteiger partial charge on any atom is 0.254 e. The van der Waals surface area contributed by atoms with E-state index in [1.807, 2.05) is 0 Å². The molecule has 0 saturated carbocycles. The number of rotatable bonds is 5. The van der Waals surface area contributed by atoms with Crippen molar-refractivity contribution >= 4 is 28.9 Å². The highest BCUT2D eigenvalue weighted by Gasteiger charge is 2.35. The van der Waals surface area contributed by atoms with Crippen molar-refractivity contribution in [2.75, 3.05) is 24.6 Å². The van der Waals surface area contributed by atoms with E-state index >= 15 is 0 Å². The Bertz CT molecular complexity index is 890. The number of aromatic nitrogens is 3. The number of hydrogen-bond donors (Lipinski definition) is 4. The Hall–Kier alpha value is -1.92. The van der Waals surface area contributed by atoms with E-state index in [0.29, 0.717) is 24.1 Å². The smallest absolute Gasteiger partial charge is 0.254 e. The number of halogens is 2. The van der Waals surface area contributed by atoms with Gasteiger partial charge in [-0.1, -0.05) is 0 Å². The number of carbonyl (C=O) groups excluding carboxylic acids is 1. The van der Waals surface area contributed by atoms with Crippen molar-refractivity contribution < 1.29 is 23.0 Å². The number of hydrogen-bond acceptors (Lipinski definition) is 7. The Labute approximate surface area is 174 Å². The number of nitrogens with zero attached hydrogens (tertiary/aromatic N) is 3. The molecule has 29 heavy (non-hydrogen) atoms. The average molecular weight is 448 g/mol. The fourth-order valence-electron chi connectivity index (χ4n) is 3.36. The van der Waals surface area contributed by atoms with E-state index in [1.165, 1.54) is 6.20 Å². The standard InChI is InChI=1S/C17H22FN5O4S.ClH/c18-14-6-20-2-1-15(14)27-17-13(16(19)24)3-10(4-21-17)11-5-22-23(7-11)12-8-28(25,26)9-12;/h3-5,7,12,14-15,20,25-26H,1-2,6,8-9H2,(H2,19,24);1H. The second-order valence-corrected chi connectivity index (χ2v) is 9.38. The molecule has 1 amide bonds. The second-order valence-electron chi connectivity index (χ2n) is 7.10. The number of nitrogens with two attached hydrogens (primary N) is 1. The molecule has 4 rings (SSSR count). The van der Waals surface area contributed by atoms with Gasteiger partial charge in [-0.25, -0.2) is 9.37 Å². The normalized spacial score (nSPS) is 24.8. The van der Waals surface area contributed by atoms with E-state index in [4.69, 9.17) is 10.5 Å². The number of carbonyl (C=O) groups is 1. The maximum absolute atomic E-state index is 14.0. The minimum absolute atomic E-state index is 0. The van der Waals surface area contributed by atoms with Crippen LogP contribution in [-0.2, 0) is 0 Å². The first-order valence-corrected chi connectivity index (χ1v) is 10.8. The fraction of sp³-hybridized carbons (Fsp3) is 0.471. The molecule has 5 N–H and O–H groups in total. The first-order chi connectivity index (χ1) is 13.3. The summed E-state index contributed by atoms with van der Waals surface area (Å²) in [5, 5.41) is 7.19. The largest absolute Gasteiger partial charge is 0.471 e. The molecular formula is C17H23ClFN5O4S. The van der Waals surface area contributed by atoms with Crippen LogP contribution in [0.3, 0.4) is 0 Å². The summed E-state index contributed by atoms with van der Waals surface area (Å²) in [5.74, 6) is -0.126. The zero-order chi connectivity index (χ0) is 19.9. The summed E-state index contributed by atoms with van der Waals surface area (Å²) in [5.41, 5.74) is 6.87. The highest BCUT2D eigenvalue weighted by atomic mass is 35.5. The molecule has 2 unspecified atom stereocenters. The fourth-order valence-corrected chi connectivity index (χ4v) is 4.80. The molecule has 0 aromatic carbocycles. The van der Waals surface area contributed by atoms with Gasteiger partial charge in [-0.15, -0.1) is 12.4 Å². The summed E-state index contributed by atoms with van der Waals surface area (Å²) in [7, 11) is -2.46. The van der Waals surface area contributed by atoms with Crippen LogP contribution in [-0.4, -0.2) is 66.6 Å². The summed E-state index contributed by atoms with van der Waals surface area (Å²) in [6.07, 6.45) is 3.48. The van der Waals surface area contributed by atoms with E-state index in [-0.39, 0.29) is 47.9 Å². The molecule has 0 aliphatic carbocycles. The van der Waals surface area contributed by atoms with Gasteiger partial charge < -0.3 is 15.8 Å². The zero-order valence-corrected chi connectivity index (χ0v) is 17.0. The van der Waals surface area contributed by atoms with Gasteiger partial charge in [0.15, 0.2) is 0 Å². The minimum Gasteiger partial charge on any atom is -0.471 e. The summed E-state index contributed by atoms with van der Waals surface area (Å²) in [6, 6.07) is 1.49. The molecule has 0 spiro atoms. The van der Waals surface area contributed by atoms with Gasteiger partial charge in [0, 0.05) is 30.1 Å². The van der Waals surface area contributed by atoms with Crippen LogP contribution in [0, 0.1) is 0 Å². The Balaban J connectivity index is 0.00000240. The highest BCUT2D eigenvalue weighted by molar-refractivity contribution is 8.25. The van der Waals surface area contributed by atoms with Crippen LogP contribution in [0.1, 0.15) is 22.8 Å². The molecule has 2 aliphatic rings. The van der Waals surface area contributed by atoms with Crippen molar-refractivity contribution in [2.24, 2.45) is 5.73 Å². The molecule has 9 nitrogen and oxygen atoms in total. The lowest BCUT2D eigenvalue weighted by Gasteiger charge is -2.46. The third-order valence-electron chi connectivity index (χ3n) is 4.96. The van der Waals surface area contributed by atoms with Crippen LogP contribution >= 0.6 is 23.0 Å². The lowest BCUT2D eigenvalue weighted by Crippen LogP contribution is -2.44. The number of amides is 1. The van der Waals surface area contributed by atoms with Gasteiger partial charge >= 0.3 is 0 Å². The third kappa shape index (κ3) is 4.64. The van der Waals surface area contributed by atoms with E-state index in [9.17, 15) is 18.3 Å². The second kappa shape index (κ2) is 8.44.